The van der Waals surface area contributed by atoms with Crippen LogP contribution < -0.4 is 5.32 Å². The Labute approximate surface area is 107 Å². The molecular formula is C14H15ClN2. The van der Waals surface area contributed by atoms with E-state index in [2.05, 4.69) is 30.0 Å². The number of nitrogens with one attached hydrogen (secondary N) is 1. The molecule has 3 heteroatoms. The predicted molar refractivity (Wildman–Crippen MR) is 76.2 cm³/mol. The van der Waals surface area contributed by atoms with Gasteiger partial charge >= 0.3 is 0 Å². The van der Waals surface area contributed by atoms with Crippen LogP contribution in [-0.2, 0) is 6.54 Å². The summed E-state index contributed by atoms with van der Waals surface area (Å²) in [7, 11) is 0. The number of aliphatic imine (C=N–C) groups is 1. The Bertz CT molecular complexity index is 461. The van der Waals surface area contributed by atoms with Crippen molar-refractivity contribution in [1.82, 2.24) is 5.32 Å². The third kappa shape index (κ3) is 3.93. The molecule has 0 radical (unpaired) electrons. The smallest absolute Gasteiger partial charge is 0.124 e. The number of hydrogen-bond donors (Lipinski definition) is 1. The van der Waals surface area contributed by atoms with E-state index in [9.17, 15) is 0 Å². The molecule has 0 aliphatic heterocycles. The summed E-state index contributed by atoms with van der Waals surface area (Å²) in [5.74, 6) is 0.670. The molecule has 1 rings (SSSR count). The van der Waals surface area contributed by atoms with E-state index in [1.165, 1.54) is 0 Å². The average Bonchev–Trinajstić information content (AvgIpc) is 2.35. The topological polar surface area (TPSA) is 24.4 Å². The van der Waals surface area contributed by atoms with Gasteiger partial charge in [-0.3, -0.25) is 4.99 Å². The van der Waals surface area contributed by atoms with Gasteiger partial charge < -0.3 is 5.32 Å². The third-order valence-electron chi connectivity index (χ3n) is 2.18. The van der Waals surface area contributed by atoms with Gasteiger partial charge in [-0.05, 0) is 29.5 Å². The number of hydrogen-bond acceptors (Lipinski definition) is 1. The monoisotopic (exact) mass is 246 g/mol. The third-order valence-corrected chi connectivity index (χ3v) is 2.53. The molecule has 0 spiro atoms. The molecule has 0 aliphatic rings. The number of rotatable bonds is 5. The van der Waals surface area contributed by atoms with Gasteiger partial charge in [0.05, 0.1) is 6.54 Å². The number of amidine groups is 1. The summed E-state index contributed by atoms with van der Waals surface area (Å²) >= 11 is 6.13. The van der Waals surface area contributed by atoms with Gasteiger partial charge in [-0.25, -0.2) is 0 Å². The SMILES string of the molecule is C=CNC(C=C)=NCc1ccc(C=C)cc1Cl. The second-order valence-corrected chi connectivity index (χ2v) is 3.72. The standard InChI is InChI=1S/C14H15ClN2/c1-4-11-7-8-12(13(15)9-11)10-17-14(5-2)16-6-3/h4-9H,1-3,10H2,(H,16,17). The maximum absolute atomic E-state index is 6.13. The molecule has 0 saturated heterocycles. The van der Waals surface area contributed by atoms with E-state index >= 15 is 0 Å². The molecule has 1 aromatic carbocycles. The fraction of sp³-hybridized carbons (Fsp3) is 0.0714. The summed E-state index contributed by atoms with van der Waals surface area (Å²) in [6.45, 7) is 11.4. The lowest BCUT2D eigenvalue weighted by molar-refractivity contribution is 1.05. The van der Waals surface area contributed by atoms with Gasteiger partial charge in [-0.15, -0.1) is 0 Å². The highest BCUT2D eigenvalue weighted by Crippen LogP contribution is 2.19. The first-order valence-corrected chi connectivity index (χ1v) is 5.54. The Kier molecular flexibility index (Phi) is 5.24. The van der Waals surface area contributed by atoms with Gasteiger partial charge in [0.25, 0.3) is 0 Å². The minimum Gasteiger partial charge on any atom is -0.348 e. The van der Waals surface area contributed by atoms with Crippen molar-refractivity contribution < 1.29 is 0 Å². The highest BCUT2D eigenvalue weighted by atomic mass is 35.5. The Hall–Kier alpha value is -1.80. The predicted octanol–water partition coefficient (Wildman–Crippen LogP) is 3.80. The quantitative estimate of drug-likeness (QED) is 0.620. The van der Waals surface area contributed by atoms with Crippen molar-refractivity contribution in [2.45, 2.75) is 6.54 Å². The first-order valence-electron chi connectivity index (χ1n) is 5.16. The van der Waals surface area contributed by atoms with E-state index in [1.807, 2.05) is 18.2 Å². The fourth-order valence-corrected chi connectivity index (χ4v) is 1.51. The van der Waals surface area contributed by atoms with Crippen LogP contribution >= 0.6 is 11.6 Å². The lowest BCUT2D eigenvalue weighted by atomic mass is 10.1. The van der Waals surface area contributed by atoms with Crippen LogP contribution in [0.4, 0.5) is 0 Å². The van der Waals surface area contributed by atoms with Crippen molar-refractivity contribution in [2.24, 2.45) is 4.99 Å². The van der Waals surface area contributed by atoms with E-state index in [-0.39, 0.29) is 0 Å². The van der Waals surface area contributed by atoms with Crippen LogP contribution in [0.3, 0.4) is 0 Å². The number of halogens is 1. The van der Waals surface area contributed by atoms with E-state index in [0.717, 1.165) is 11.1 Å². The van der Waals surface area contributed by atoms with Crippen LogP contribution in [0, 0.1) is 0 Å². The summed E-state index contributed by atoms with van der Waals surface area (Å²) < 4.78 is 0. The first kappa shape index (κ1) is 13.3. The lowest BCUT2D eigenvalue weighted by Gasteiger charge is -2.04. The van der Waals surface area contributed by atoms with Gasteiger partial charge in [0.15, 0.2) is 0 Å². The maximum Gasteiger partial charge on any atom is 0.124 e. The number of benzene rings is 1. The second kappa shape index (κ2) is 6.71. The molecule has 0 saturated carbocycles. The van der Waals surface area contributed by atoms with E-state index in [1.54, 1.807) is 18.4 Å². The minimum absolute atomic E-state index is 0.498. The van der Waals surface area contributed by atoms with Crippen molar-refractivity contribution in [1.29, 1.82) is 0 Å². The molecule has 1 N–H and O–H groups in total. The Morgan fingerprint density at radius 3 is 2.65 bits per heavy atom. The molecule has 0 unspecified atom stereocenters. The van der Waals surface area contributed by atoms with Gasteiger partial charge in [0.1, 0.15) is 5.84 Å². The van der Waals surface area contributed by atoms with Crippen LogP contribution in [0.2, 0.25) is 5.02 Å². The summed E-state index contributed by atoms with van der Waals surface area (Å²) in [5.41, 5.74) is 1.96. The van der Waals surface area contributed by atoms with Crippen molar-refractivity contribution >= 4 is 23.5 Å². The molecule has 0 amide bonds. The Balaban J connectivity index is 2.84. The van der Waals surface area contributed by atoms with Crippen molar-refractivity contribution in [3.8, 4) is 0 Å². The summed E-state index contributed by atoms with van der Waals surface area (Å²) in [5, 5.41) is 3.57. The maximum atomic E-state index is 6.13. The molecule has 0 aliphatic carbocycles. The second-order valence-electron chi connectivity index (χ2n) is 3.31. The fourth-order valence-electron chi connectivity index (χ4n) is 1.26. The summed E-state index contributed by atoms with van der Waals surface area (Å²) in [6, 6.07) is 5.77. The first-order chi connectivity index (χ1) is 8.21. The summed E-state index contributed by atoms with van der Waals surface area (Å²) in [4.78, 5) is 4.32. The molecule has 0 fully saturated rings. The van der Waals surface area contributed by atoms with Crippen LogP contribution in [-0.4, -0.2) is 5.84 Å². The summed E-state index contributed by atoms with van der Waals surface area (Å²) in [6.07, 6.45) is 4.95. The molecule has 88 valence electrons. The van der Waals surface area contributed by atoms with Crippen molar-refractivity contribution in [2.75, 3.05) is 0 Å². The average molecular weight is 247 g/mol. The van der Waals surface area contributed by atoms with Gasteiger partial charge in [-0.1, -0.05) is 49.5 Å². The molecule has 0 bridgehead atoms. The number of nitrogens with zero attached hydrogens (tertiary/aromatic N) is 1. The molecule has 1 aromatic rings. The van der Waals surface area contributed by atoms with Crippen LogP contribution in [0.5, 0.6) is 0 Å². The Morgan fingerprint density at radius 2 is 2.12 bits per heavy atom. The van der Waals surface area contributed by atoms with Crippen LogP contribution in [0.25, 0.3) is 6.08 Å². The zero-order valence-corrected chi connectivity index (χ0v) is 10.4. The van der Waals surface area contributed by atoms with Gasteiger partial charge in [0, 0.05) is 5.02 Å². The van der Waals surface area contributed by atoms with Crippen molar-refractivity contribution in [3.63, 3.8) is 0 Å². The van der Waals surface area contributed by atoms with E-state index < -0.39 is 0 Å². The molecule has 0 aromatic heterocycles. The molecule has 17 heavy (non-hydrogen) atoms. The van der Waals surface area contributed by atoms with Gasteiger partial charge in [-0.2, -0.15) is 0 Å². The normalized spacial score (nSPS) is 10.8. The minimum atomic E-state index is 0.498. The van der Waals surface area contributed by atoms with E-state index in [4.69, 9.17) is 11.6 Å². The van der Waals surface area contributed by atoms with Crippen LogP contribution in [0.15, 0.2) is 55.2 Å². The highest BCUT2D eigenvalue weighted by molar-refractivity contribution is 6.31. The largest absolute Gasteiger partial charge is 0.348 e. The molecule has 2 nitrogen and oxygen atoms in total. The zero-order chi connectivity index (χ0) is 12.7. The van der Waals surface area contributed by atoms with Crippen molar-refractivity contribution in [3.05, 3.63) is 66.4 Å². The van der Waals surface area contributed by atoms with E-state index in [0.29, 0.717) is 17.4 Å². The molecular weight excluding hydrogens is 232 g/mol. The lowest BCUT2D eigenvalue weighted by Crippen LogP contribution is -2.13. The molecule has 0 atom stereocenters. The van der Waals surface area contributed by atoms with Crippen LogP contribution in [0.1, 0.15) is 11.1 Å². The Morgan fingerprint density at radius 1 is 1.35 bits per heavy atom. The molecule has 0 heterocycles. The zero-order valence-electron chi connectivity index (χ0n) is 9.62. The highest BCUT2D eigenvalue weighted by Gasteiger charge is 2.00. The van der Waals surface area contributed by atoms with Gasteiger partial charge in [0.2, 0.25) is 0 Å².